The van der Waals surface area contributed by atoms with E-state index in [0.29, 0.717) is 17.8 Å². The maximum absolute atomic E-state index is 12.8. The third kappa shape index (κ3) is 3.81. The van der Waals surface area contributed by atoms with Crippen LogP contribution in [-0.2, 0) is 12.7 Å². The van der Waals surface area contributed by atoms with E-state index in [0.717, 1.165) is 34.6 Å². The normalized spacial score (nSPS) is 13.7. The fourth-order valence-corrected chi connectivity index (χ4v) is 3.45. The van der Waals surface area contributed by atoms with Crippen LogP contribution < -0.4 is 9.64 Å². The summed E-state index contributed by atoms with van der Waals surface area (Å²) in [5.74, 6) is 0.551. The minimum Gasteiger partial charge on any atom is -0.497 e. The second-order valence-corrected chi connectivity index (χ2v) is 6.92. The summed E-state index contributed by atoms with van der Waals surface area (Å²) in [4.78, 5) is 14.3. The molecule has 0 atom stereocenters. The van der Waals surface area contributed by atoms with Gasteiger partial charge in [-0.1, -0.05) is 36.4 Å². The van der Waals surface area contributed by atoms with Crippen molar-refractivity contribution < 1.29 is 22.7 Å². The van der Waals surface area contributed by atoms with Crippen LogP contribution in [0.4, 0.5) is 18.9 Å². The molecule has 152 valence electrons. The van der Waals surface area contributed by atoms with Crippen LogP contribution in [0.25, 0.3) is 12.2 Å². The summed E-state index contributed by atoms with van der Waals surface area (Å²) >= 11 is 0. The summed E-state index contributed by atoms with van der Waals surface area (Å²) < 4.78 is 43.6. The van der Waals surface area contributed by atoms with Crippen LogP contribution in [0.2, 0.25) is 0 Å². The molecule has 3 nitrogen and oxygen atoms in total. The van der Waals surface area contributed by atoms with Crippen molar-refractivity contribution in [3.05, 3.63) is 94.5 Å². The standard InChI is InChI=1S/C24H18F3NO2/c1-30-20-13-6-16(7-14-20)5-8-17-3-2-4-21-22(17)15-28(23(21)29)19-11-9-18(10-12-19)24(25,26)27/h2-14H,15H2,1H3/b8-5+. The highest BCUT2D eigenvalue weighted by Gasteiger charge is 2.32. The Morgan fingerprint density at radius 1 is 0.933 bits per heavy atom. The topological polar surface area (TPSA) is 29.5 Å². The average molecular weight is 409 g/mol. The molecule has 0 aliphatic carbocycles. The molecule has 0 N–H and O–H groups in total. The molecule has 0 bridgehead atoms. The number of halogens is 3. The third-order valence-electron chi connectivity index (χ3n) is 5.08. The van der Waals surface area contributed by atoms with Gasteiger partial charge in [0.1, 0.15) is 5.75 Å². The molecule has 4 rings (SSSR count). The fraction of sp³-hybridized carbons (Fsp3) is 0.125. The largest absolute Gasteiger partial charge is 0.497 e. The smallest absolute Gasteiger partial charge is 0.416 e. The molecule has 1 aliphatic rings. The minimum atomic E-state index is -4.41. The van der Waals surface area contributed by atoms with Crippen LogP contribution in [0.5, 0.6) is 5.75 Å². The van der Waals surface area contributed by atoms with Gasteiger partial charge in [-0.15, -0.1) is 0 Å². The van der Waals surface area contributed by atoms with Gasteiger partial charge in [0.25, 0.3) is 5.91 Å². The lowest BCUT2D eigenvalue weighted by atomic mass is 10.0. The molecule has 30 heavy (non-hydrogen) atoms. The molecule has 1 heterocycles. The molecule has 0 saturated carbocycles. The Bertz CT molecular complexity index is 1100. The number of methoxy groups -OCH3 is 1. The van der Waals surface area contributed by atoms with Gasteiger partial charge >= 0.3 is 6.18 Å². The van der Waals surface area contributed by atoms with E-state index < -0.39 is 11.7 Å². The van der Waals surface area contributed by atoms with Gasteiger partial charge in [0.2, 0.25) is 0 Å². The summed E-state index contributed by atoms with van der Waals surface area (Å²) in [6.07, 6.45) is -0.527. The van der Waals surface area contributed by atoms with Crippen molar-refractivity contribution in [3.8, 4) is 5.75 Å². The van der Waals surface area contributed by atoms with Crippen molar-refractivity contribution in [1.29, 1.82) is 0 Å². The zero-order valence-electron chi connectivity index (χ0n) is 16.1. The zero-order valence-corrected chi connectivity index (χ0v) is 16.1. The first kappa shape index (κ1) is 19.8. The number of amides is 1. The monoisotopic (exact) mass is 409 g/mol. The molecule has 0 saturated heterocycles. The minimum absolute atomic E-state index is 0.218. The number of hydrogen-bond donors (Lipinski definition) is 0. The van der Waals surface area contributed by atoms with Crippen molar-refractivity contribution in [2.75, 3.05) is 12.0 Å². The van der Waals surface area contributed by atoms with Gasteiger partial charge < -0.3 is 9.64 Å². The first-order chi connectivity index (χ1) is 14.4. The van der Waals surface area contributed by atoms with E-state index in [1.165, 1.54) is 17.0 Å². The van der Waals surface area contributed by atoms with E-state index in [-0.39, 0.29) is 5.91 Å². The molecule has 3 aromatic rings. The van der Waals surface area contributed by atoms with Crippen LogP contribution in [0.15, 0.2) is 66.7 Å². The van der Waals surface area contributed by atoms with E-state index in [2.05, 4.69) is 0 Å². The number of alkyl halides is 3. The van der Waals surface area contributed by atoms with E-state index in [1.54, 1.807) is 19.2 Å². The molecule has 1 aliphatic heterocycles. The lowest BCUT2D eigenvalue weighted by Crippen LogP contribution is -2.23. The summed E-state index contributed by atoms with van der Waals surface area (Å²) in [7, 11) is 1.61. The van der Waals surface area contributed by atoms with Crippen LogP contribution in [0.3, 0.4) is 0 Å². The quantitative estimate of drug-likeness (QED) is 0.492. The molecular formula is C24H18F3NO2. The highest BCUT2D eigenvalue weighted by atomic mass is 19.4. The van der Waals surface area contributed by atoms with Crippen molar-refractivity contribution in [1.82, 2.24) is 0 Å². The second kappa shape index (κ2) is 7.71. The van der Waals surface area contributed by atoms with Gasteiger partial charge in [-0.25, -0.2) is 0 Å². The number of nitrogens with zero attached hydrogens (tertiary/aromatic N) is 1. The number of rotatable bonds is 4. The van der Waals surface area contributed by atoms with Crippen LogP contribution in [-0.4, -0.2) is 13.0 Å². The van der Waals surface area contributed by atoms with Crippen LogP contribution in [0.1, 0.15) is 32.6 Å². The number of carbonyl (C=O) groups is 1. The Kier molecular flexibility index (Phi) is 5.08. The number of ether oxygens (including phenoxy) is 1. The van der Waals surface area contributed by atoms with Crippen molar-refractivity contribution in [2.24, 2.45) is 0 Å². The van der Waals surface area contributed by atoms with Gasteiger partial charge in [-0.3, -0.25) is 4.79 Å². The zero-order chi connectivity index (χ0) is 21.3. The number of fused-ring (bicyclic) bond motifs is 1. The Labute approximate surface area is 172 Å². The lowest BCUT2D eigenvalue weighted by Gasteiger charge is -2.17. The van der Waals surface area contributed by atoms with E-state index in [4.69, 9.17) is 4.74 Å². The molecule has 0 unspecified atom stereocenters. The first-order valence-corrected chi connectivity index (χ1v) is 9.30. The lowest BCUT2D eigenvalue weighted by molar-refractivity contribution is -0.137. The summed E-state index contributed by atoms with van der Waals surface area (Å²) in [6.45, 7) is 0.308. The first-order valence-electron chi connectivity index (χ1n) is 9.30. The molecule has 3 aromatic carbocycles. The van der Waals surface area contributed by atoms with Gasteiger partial charge in [0, 0.05) is 11.3 Å². The number of anilines is 1. The van der Waals surface area contributed by atoms with E-state index in [1.807, 2.05) is 42.5 Å². The molecule has 0 radical (unpaired) electrons. The van der Waals surface area contributed by atoms with Gasteiger partial charge in [-0.2, -0.15) is 13.2 Å². The second-order valence-electron chi connectivity index (χ2n) is 6.92. The highest BCUT2D eigenvalue weighted by Crippen LogP contribution is 2.34. The Balaban J connectivity index is 1.59. The average Bonchev–Trinajstić information content (AvgIpc) is 3.09. The highest BCUT2D eigenvalue weighted by molar-refractivity contribution is 6.10. The Morgan fingerprint density at radius 3 is 2.27 bits per heavy atom. The van der Waals surface area contributed by atoms with Crippen LogP contribution in [0, 0.1) is 0 Å². The molecule has 1 amide bonds. The fourth-order valence-electron chi connectivity index (χ4n) is 3.45. The van der Waals surface area contributed by atoms with Gasteiger partial charge in [0.15, 0.2) is 0 Å². The van der Waals surface area contributed by atoms with Gasteiger partial charge in [0.05, 0.1) is 19.2 Å². The van der Waals surface area contributed by atoms with Crippen molar-refractivity contribution >= 4 is 23.7 Å². The van der Waals surface area contributed by atoms with Crippen molar-refractivity contribution in [3.63, 3.8) is 0 Å². The van der Waals surface area contributed by atoms with E-state index >= 15 is 0 Å². The summed E-state index contributed by atoms with van der Waals surface area (Å²) in [5.41, 5.74) is 3.00. The molecule has 0 spiro atoms. The van der Waals surface area contributed by atoms with Gasteiger partial charge in [-0.05, 0) is 59.2 Å². The maximum atomic E-state index is 12.8. The Morgan fingerprint density at radius 2 is 1.63 bits per heavy atom. The number of hydrogen-bond acceptors (Lipinski definition) is 2. The van der Waals surface area contributed by atoms with Crippen molar-refractivity contribution in [2.45, 2.75) is 12.7 Å². The Hall–Kier alpha value is -3.54. The summed E-state index contributed by atoms with van der Waals surface area (Å²) in [5, 5.41) is 0. The summed E-state index contributed by atoms with van der Waals surface area (Å²) in [6, 6.07) is 17.7. The number of carbonyl (C=O) groups excluding carboxylic acids is 1. The molecule has 0 fully saturated rings. The molecule has 0 aromatic heterocycles. The van der Waals surface area contributed by atoms with E-state index in [9.17, 15) is 18.0 Å². The SMILES string of the molecule is COc1ccc(/C=C/c2cccc3c2CN(c2ccc(C(F)(F)F)cc2)C3=O)cc1. The third-order valence-corrected chi connectivity index (χ3v) is 5.08. The molecule has 6 heteroatoms. The molecular weight excluding hydrogens is 391 g/mol. The predicted molar refractivity (Wildman–Crippen MR) is 110 cm³/mol. The number of benzene rings is 3. The maximum Gasteiger partial charge on any atom is 0.416 e. The van der Waals surface area contributed by atoms with Crippen LogP contribution >= 0.6 is 0 Å². The predicted octanol–water partition coefficient (Wildman–Crippen LogP) is 6.04.